The summed E-state index contributed by atoms with van der Waals surface area (Å²) in [5, 5.41) is 12.5. The molecular weight excluding hydrogens is 190 g/mol. The third-order valence-electron chi connectivity index (χ3n) is 2.44. The van der Waals surface area contributed by atoms with Crippen molar-refractivity contribution in [3.05, 3.63) is 24.2 Å². The third-order valence-corrected chi connectivity index (χ3v) is 2.44. The molecule has 3 heteroatoms. The fraction of sp³-hybridized carbons (Fsp3) is 0.667. The second-order valence-electron chi connectivity index (χ2n) is 4.89. The van der Waals surface area contributed by atoms with Gasteiger partial charge in [0.1, 0.15) is 5.76 Å². The van der Waals surface area contributed by atoms with Gasteiger partial charge in [-0.2, -0.15) is 0 Å². The fourth-order valence-corrected chi connectivity index (χ4v) is 1.31. The van der Waals surface area contributed by atoms with Crippen molar-refractivity contribution in [1.29, 1.82) is 0 Å². The second kappa shape index (κ2) is 5.33. The number of hydrogen-bond donors (Lipinski definition) is 2. The molecular formula is C12H21NO2. The lowest BCUT2D eigenvalue weighted by molar-refractivity contribution is 0.153. The lowest BCUT2D eigenvalue weighted by Gasteiger charge is -2.24. The van der Waals surface area contributed by atoms with Gasteiger partial charge < -0.3 is 14.8 Å². The van der Waals surface area contributed by atoms with E-state index in [4.69, 9.17) is 9.52 Å². The molecule has 0 aliphatic rings. The molecule has 1 aromatic heterocycles. The number of rotatable bonds is 6. The van der Waals surface area contributed by atoms with Crippen LogP contribution in [0.1, 0.15) is 26.5 Å². The standard InChI is InChI=1S/C12H21NO2/c1-10(7-11-5-4-6-15-11)13-8-12(2,3)9-14/h4-6,10,13-14H,7-9H2,1-3H3. The number of hydrogen-bond acceptors (Lipinski definition) is 3. The summed E-state index contributed by atoms with van der Waals surface area (Å²) in [5.74, 6) is 0.997. The molecule has 0 saturated carbocycles. The smallest absolute Gasteiger partial charge is 0.105 e. The summed E-state index contributed by atoms with van der Waals surface area (Å²) in [4.78, 5) is 0. The molecule has 0 radical (unpaired) electrons. The maximum Gasteiger partial charge on any atom is 0.105 e. The first-order valence-electron chi connectivity index (χ1n) is 5.40. The van der Waals surface area contributed by atoms with Crippen molar-refractivity contribution in [3.8, 4) is 0 Å². The Morgan fingerprint density at radius 3 is 2.80 bits per heavy atom. The summed E-state index contributed by atoms with van der Waals surface area (Å²) in [6.45, 7) is 7.22. The SMILES string of the molecule is CC(Cc1ccco1)NCC(C)(C)CO. The Labute approximate surface area is 91.5 Å². The topological polar surface area (TPSA) is 45.4 Å². The van der Waals surface area contributed by atoms with E-state index in [0.717, 1.165) is 18.7 Å². The Morgan fingerprint density at radius 1 is 1.53 bits per heavy atom. The van der Waals surface area contributed by atoms with Crippen LogP contribution in [0.3, 0.4) is 0 Å². The predicted molar refractivity (Wildman–Crippen MR) is 60.7 cm³/mol. The van der Waals surface area contributed by atoms with Crippen molar-refractivity contribution in [2.24, 2.45) is 5.41 Å². The molecule has 86 valence electrons. The molecule has 0 spiro atoms. The van der Waals surface area contributed by atoms with Gasteiger partial charge in [0, 0.05) is 31.0 Å². The molecule has 1 heterocycles. The summed E-state index contributed by atoms with van der Waals surface area (Å²) in [5.41, 5.74) is -0.0581. The highest BCUT2D eigenvalue weighted by molar-refractivity contribution is 5.00. The van der Waals surface area contributed by atoms with Crippen LogP contribution in [-0.4, -0.2) is 24.3 Å². The van der Waals surface area contributed by atoms with E-state index in [2.05, 4.69) is 12.2 Å². The maximum absolute atomic E-state index is 9.11. The first-order valence-corrected chi connectivity index (χ1v) is 5.40. The summed E-state index contributed by atoms with van der Waals surface area (Å²) in [7, 11) is 0. The van der Waals surface area contributed by atoms with E-state index < -0.39 is 0 Å². The van der Waals surface area contributed by atoms with Gasteiger partial charge in [0.15, 0.2) is 0 Å². The van der Waals surface area contributed by atoms with Crippen LogP contribution < -0.4 is 5.32 Å². The van der Waals surface area contributed by atoms with Crippen LogP contribution in [0.4, 0.5) is 0 Å². The number of aliphatic hydroxyl groups is 1. The van der Waals surface area contributed by atoms with Crippen molar-refractivity contribution in [2.45, 2.75) is 33.2 Å². The Kier molecular flexibility index (Phi) is 4.36. The van der Waals surface area contributed by atoms with Crippen LogP contribution in [0, 0.1) is 5.41 Å². The van der Waals surface area contributed by atoms with Crippen LogP contribution in [0.25, 0.3) is 0 Å². The Hall–Kier alpha value is -0.800. The number of aliphatic hydroxyl groups excluding tert-OH is 1. The highest BCUT2D eigenvalue weighted by Gasteiger charge is 2.17. The van der Waals surface area contributed by atoms with Crippen molar-refractivity contribution in [2.75, 3.05) is 13.2 Å². The predicted octanol–water partition coefficient (Wildman–Crippen LogP) is 1.82. The first kappa shape index (κ1) is 12.3. The fourth-order valence-electron chi connectivity index (χ4n) is 1.31. The van der Waals surface area contributed by atoms with E-state index >= 15 is 0 Å². The molecule has 0 aliphatic carbocycles. The van der Waals surface area contributed by atoms with Gasteiger partial charge >= 0.3 is 0 Å². The van der Waals surface area contributed by atoms with E-state index in [9.17, 15) is 0 Å². The molecule has 15 heavy (non-hydrogen) atoms. The average Bonchev–Trinajstić information content (AvgIpc) is 2.68. The average molecular weight is 211 g/mol. The quantitative estimate of drug-likeness (QED) is 0.754. The minimum Gasteiger partial charge on any atom is -0.469 e. The van der Waals surface area contributed by atoms with Crippen LogP contribution in [0.5, 0.6) is 0 Å². The Bertz CT molecular complexity index is 267. The Morgan fingerprint density at radius 2 is 2.27 bits per heavy atom. The van der Waals surface area contributed by atoms with Gasteiger partial charge in [0.05, 0.1) is 6.26 Å². The van der Waals surface area contributed by atoms with Crippen LogP contribution in [0.15, 0.2) is 22.8 Å². The number of furan rings is 1. The molecule has 0 bridgehead atoms. The van der Waals surface area contributed by atoms with E-state index in [1.165, 1.54) is 0 Å². The largest absolute Gasteiger partial charge is 0.469 e. The lowest BCUT2D eigenvalue weighted by atomic mass is 9.94. The number of nitrogens with one attached hydrogen (secondary N) is 1. The van der Waals surface area contributed by atoms with Gasteiger partial charge in [-0.05, 0) is 19.1 Å². The molecule has 0 fully saturated rings. The Balaban J connectivity index is 2.28. The summed E-state index contributed by atoms with van der Waals surface area (Å²) in [6, 6.07) is 4.25. The van der Waals surface area contributed by atoms with Gasteiger partial charge in [0.2, 0.25) is 0 Å². The van der Waals surface area contributed by atoms with Gasteiger partial charge in [-0.1, -0.05) is 13.8 Å². The van der Waals surface area contributed by atoms with Crippen LogP contribution in [-0.2, 0) is 6.42 Å². The minimum atomic E-state index is -0.0581. The van der Waals surface area contributed by atoms with Crippen LogP contribution in [0.2, 0.25) is 0 Å². The van der Waals surface area contributed by atoms with Crippen LogP contribution >= 0.6 is 0 Å². The molecule has 0 saturated heterocycles. The minimum absolute atomic E-state index is 0.0581. The van der Waals surface area contributed by atoms with Gasteiger partial charge in [0.25, 0.3) is 0 Å². The van der Waals surface area contributed by atoms with Crippen molar-refractivity contribution >= 4 is 0 Å². The van der Waals surface area contributed by atoms with E-state index in [1.807, 2.05) is 26.0 Å². The lowest BCUT2D eigenvalue weighted by Crippen LogP contribution is -2.38. The monoisotopic (exact) mass is 211 g/mol. The third kappa shape index (κ3) is 4.49. The summed E-state index contributed by atoms with van der Waals surface area (Å²) >= 11 is 0. The van der Waals surface area contributed by atoms with Crippen molar-refractivity contribution in [1.82, 2.24) is 5.32 Å². The molecule has 1 unspecified atom stereocenters. The zero-order valence-electron chi connectivity index (χ0n) is 9.79. The molecule has 3 nitrogen and oxygen atoms in total. The molecule has 0 aliphatic heterocycles. The van der Waals surface area contributed by atoms with E-state index in [-0.39, 0.29) is 12.0 Å². The van der Waals surface area contributed by atoms with Gasteiger partial charge in [-0.3, -0.25) is 0 Å². The van der Waals surface area contributed by atoms with E-state index in [0.29, 0.717) is 6.04 Å². The van der Waals surface area contributed by atoms with Crippen molar-refractivity contribution < 1.29 is 9.52 Å². The molecule has 0 aromatic carbocycles. The molecule has 1 aromatic rings. The van der Waals surface area contributed by atoms with E-state index in [1.54, 1.807) is 6.26 Å². The molecule has 1 atom stereocenters. The zero-order valence-corrected chi connectivity index (χ0v) is 9.79. The van der Waals surface area contributed by atoms with Gasteiger partial charge in [-0.15, -0.1) is 0 Å². The molecule has 1 rings (SSSR count). The normalized spacial score (nSPS) is 14.1. The highest BCUT2D eigenvalue weighted by Crippen LogP contribution is 2.12. The highest BCUT2D eigenvalue weighted by atomic mass is 16.3. The summed E-state index contributed by atoms with van der Waals surface area (Å²) < 4.78 is 5.27. The second-order valence-corrected chi connectivity index (χ2v) is 4.89. The molecule has 2 N–H and O–H groups in total. The first-order chi connectivity index (χ1) is 7.03. The summed E-state index contributed by atoms with van der Waals surface area (Å²) in [6.07, 6.45) is 2.58. The van der Waals surface area contributed by atoms with Crippen molar-refractivity contribution in [3.63, 3.8) is 0 Å². The van der Waals surface area contributed by atoms with Gasteiger partial charge in [-0.25, -0.2) is 0 Å². The maximum atomic E-state index is 9.11. The molecule has 0 amide bonds. The zero-order chi connectivity index (χ0) is 11.3.